The third-order valence-electron chi connectivity index (χ3n) is 2.71. The van der Waals surface area contributed by atoms with Gasteiger partial charge in [0, 0.05) is 16.6 Å². The van der Waals surface area contributed by atoms with Crippen molar-refractivity contribution in [1.29, 1.82) is 0 Å². The number of amides is 2. The van der Waals surface area contributed by atoms with Gasteiger partial charge in [0.1, 0.15) is 5.15 Å². The first kappa shape index (κ1) is 14.3. The number of thiazole rings is 1. The van der Waals surface area contributed by atoms with Crippen LogP contribution in [0.1, 0.15) is 0 Å². The van der Waals surface area contributed by atoms with Crippen LogP contribution in [0.15, 0.2) is 36.5 Å². The number of fused-ring (bicyclic) bond motifs is 1. The number of benzene rings is 1. The summed E-state index contributed by atoms with van der Waals surface area (Å²) in [6, 6.07) is 7.94. The van der Waals surface area contributed by atoms with Gasteiger partial charge in [-0.1, -0.05) is 29.0 Å². The van der Waals surface area contributed by atoms with Gasteiger partial charge in [-0.2, -0.15) is 0 Å². The highest BCUT2D eigenvalue weighted by Gasteiger charge is 2.08. The van der Waals surface area contributed by atoms with Crippen molar-refractivity contribution >= 4 is 55.7 Å². The van der Waals surface area contributed by atoms with Gasteiger partial charge in [-0.05, 0) is 24.3 Å². The number of halogens is 1. The zero-order chi connectivity index (χ0) is 15.5. The van der Waals surface area contributed by atoms with Crippen molar-refractivity contribution in [2.45, 2.75) is 0 Å². The van der Waals surface area contributed by atoms with Crippen LogP contribution in [-0.4, -0.2) is 16.0 Å². The third-order valence-corrected chi connectivity index (χ3v) is 3.85. The minimum absolute atomic E-state index is 0.296. The maximum Gasteiger partial charge on any atom is 0.325 e. The molecule has 6 nitrogen and oxygen atoms in total. The van der Waals surface area contributed by atoms with Gasteiger partial charge < -0.3 is 5.32 Å². The van der Waals surface area contributed by atoms with Crippen molar-refractivity contribution in [3.05, 3.63) is 53.1 Å². The number of rotatable bonds is 2. The summed E-state index contributed by atoms with van der Waals surface area (Å²) in [5, 5.41) is 6.04. The lowest BCUT2D eigenvalue weighted by Gasteiger charge is -2.04. The van der Waals surface area contributed by atoms with Crippen LogP contribution in [-0.2, 0) is 0 Å². The van der Waals surface area contributed by atoms with E-state index in [0.29, 0.717) is 21.7 Å². The Morgan fingerprint density at radius 3 is 2.91 bits per heavy atom. The zero-order valence-corrected chi connectivity index (χ0v) is 12.6. The molecular formula is C14H8ClN5OS. The monoisotopic (exact) mass is 329 g/mol. The molecule has 2 heterocycles. The molecule has 0 saturated heterocycles. The molecule has 2 amide bonds. The Labute approximate surface area is 134 Å². The summed E-state index contributed by atoms with van der Waals surface area (Å²) in [5.74, 6) is 0. The molecule has 8 heteroatoms. The normalized spacial score (nSPS) is 10.2. The van der Waals surface area contributed by atoms with Crippen LogP contribution >= 0.6 is 22.9 Å². The molecule has 0 spiro atoms. The first-order valence-electron chi connectivity index (χ1n) is 6.11. The van der Waals surface area contributed by atoms with Gasteiger partial charge in [0.05, 0.1) is 12.1 Å². The molecule has 0 atom stereocenters. The Balaban J connectivity index is 1.75. The summed E-state index contributed by atoms with van der Waals surface area (Å²) < 4.78 is 0.843. The fraction of sp³-hybridized carbons (Fsp3) is 0. The van der Waals surface area contributed by atoms with Crippen LogP contribution in [0.25, 0.3) is 15.1 Å². The van der Waals surface area contributed by atoms with Crippen molar-refractivity contribution in [3.8, 4) is 0 Å². The van der Waals surface area contributed by atoms with Crippen LogP contribution in [0.2, 0.25) is 5.15 Å². The molecule has 0 unspecified atom stereocenters. The van der Waals surface area contributed by atoms with E-state index in [-0.39, 0.29) is 0 Å². The predicted octanol–water partition coefficient (Wildman–Crippen LogP) is 4.54. The molecule has 108 valence electrons. The van der Waals surface area contributed by atoms with E-state index in [9.17, 15) is 4.79 Å². The van der Waals surface area contributed by atoms with Crippen molar-refractivity contribution in [1.82, 2.24) is 9.97 Å². The second-order valence-corrected chi connectivity index (χ2v) is 5.65. The minimum atomic E-state index is -0.424. The molecule has 0 bridgehead atoms. The second-order valence-electron chi connectivity index (χ2n) is 4.23. The van der Waals surface area contributed by atoms with Gasteiger partial charge in [0.25, 0.3) is 0 Å². The number of pyridine rings is 1. The molecular weight excluding hydrogens is 322 g/mol. The molecule has 0 aliphatic rings. The highest BCUT2D eigenvalue weighted by molar-refractivity contribution is 7.22. The van der Waals surface area contributed by atoms with Crippen molar-refractivity contribution in [2.75, 3.05) is 10.6 Å². The molecule has 2 N–H and O–H groups in total. The minimum Gasteiger partial charge on any atom is -0.307 e. The van der Waals surface area contributed by atoms with E-state index in [1.807, 2.05) is 0 Å². The van der Waals surface area contributed by atoms with E-state index in [0.717, 1.165) is 10.2 Å². The Morgan fingerprint density at radius 2 is 2.14 bits per heavy atom. The number of urea groups is 1. The number of carbonyl (C=O) groups excluding carboxylic acids is 1. The summed E-state index contributed by atoms with van der Waals surface area (Å²) in [6.45, 7) is 6.99. The van der Waals surface area contributed by atoms with Crippen molar-refractivity contribution < 1.29 is 4.79 Å². The molecule has 3 rings (SSSR count). The predicted molar refractivity (Wildman–Crippen MR) is 87.8 cm³/mol. The molecule has 1 aromatic carbocycles. The zero-order valence-electron chi connectivity index (χ0n) is 11.0. The van der Waals surface area contributed by atoms with E-state index in [1.54, 1.807) is 30.3 Å². The lowest BCUT2D eigenvalue weighted by atomic mass is 10.3. The first-order valence-corrected chi connectivity index (χ1v) is 7.31. The number of carbonyl (C=O) groups is 1. The average Bonchev–Trinajstić information content (AvgIpc) is 2.87. The maximum atomic E-state index is 11.9. The van der Waals surface area contributed by atoms with Gasteiger partial charge in [-0.3, -0.25) is 5.32 Å². The van der Waals surface area contributed by atoms with E-state index in [1.165, 1.54) is 17.5 Å². The highest BCUT2D eigenvalue weighted by Crippen LogP contribution is 2.29. The van der Waals surface area contributed by atoms with Gasteiger partial charge in [-0.15, -0.1) is 0 Å². The fourth-order valence-corrected chi connectivity index (χ4v) is 2.84. The van der Waals surface area contributed by atoms with Gasteiger partial charge >= 0.3 is 6.03 Å². The molecule has 3 aromatic rings. The van der Waals surface area contributed by atoms with Crippen LogP contribution in [0.5, 0.6) is 0 Å². The van der Waals surface area contributed by atoms with Crippen LogP contribution in [0.4, 0.5) is 21.3 Å². The molecule has 0 aliphatic heterocycles. The Hall–Kier alpha value is -2.69. The number of nitrogens with zero attached hydrogens (tertiary/aromatic N) is 3. The molecule has 0 fully saturated rings. The van der Waals surface area contributed by atoms with Crippen LogP contribution < -0.4 is 10.6 Å². The lowest BCUT2D eigenvalue weighted by Crippen LogP contribution is -2.19. The first-order chi connectivity index (χ1) is 10.6. The standard InChI is InChI=1S/C14H8ClN5OS/c1-16-8-2-3-10-11(6-8)22-14(19-10)20-13(21)18-9-4-5-17-12(15)7-9/h2-7H,(H2,17,18,19,20,21). The van der Waals surface area contributed by atoms with E-state index in [4.69, 9.17) is 18.2 Å². The quantitative estimate of drug-likeness (QED) is 0.535. The number of anilines is 2. The smallest absolute Gasteiger partial charge is 0.307 e. The molecule has 0 radical (unpaired) electrons. The molecule has 22 heavy (non-hydrogen) atoms. The number of nitrogens with one attached hydrogen (secondary N) is 2. The Kier molecular flexibility index (Phi) is 3.87. The van der Waals surface area contributed by atoms with E-state index < -0.39 is 6.03 Å². The summed E-state index contributed by atoms with van der Waals surface area (Å²) >= 11 is 7.06. The van der Waals surface area contributed by atoms with Crippen molar-refractivity contribution in [3.63, 3.8) is 0 Å². The number of hydrogen-bond donors (Lipinski definition) is 2. The summed E-state index contributed by atoms with van der Waals surface area (Å²) in [5.41, 5.74) is 1.81. The van der Waals surface area contributed by atoms with Crippen LogP contribution in [0, 0.1) is 6.57 Å². The van der Waals surface area contributed by atoms with E-state index in [2.05, 4.69) is 25.4 Å². The van der Waals surface area contributed by atoms with E-state index >= 15 is 0 Å². The number of hydrogen-bond acceptors (Lipinski definition) is 4. The third kappa shape index (κ3) is 3.14. The Morgan fingerprint density at radius 1 is 1.27 bits per heavy atom. The average molecular weight is 330 g/mol. The lowest BCUT2D eigenvalue weighted by molar-refractivity contribution is 0.262. The SMILES string of the molecule is [C-]#[N+]c1ccc2nc(NC(=O)Nc3ccnc(Cl)c3)sc2c1. The van der Waals surface area contributed by atoms with Gasteiger partial charge in [0.15, 0.2) is 10.8 Å². The summed E-state index contributed by atoms with van der Waals surface area (Å²) in [7, 11) is 0. The highest BCUT2D eigenvalue weighted by atomic mass is 35.5. The van der Waals surface area contributed by atoms with Gasteiger partial charge in [0.2, 0.25) is 0 Å². The van der Waals surface area contributed by atoms with Gasteiger partial charge in [-0.25, -0.2) is 19.6 Å². The Bertz CT molecular complexity index is 902. The summed E-state index contributed by atoms with van der Waals surface area (Å²) in [4.78, 5) is 23.4. The fourth-order valence-electron chi connectivity index (χ4n) is 1.78. The maximum absolute atomic E-state index is 11.9. The largest absolute Gasteiger partial charge is 0.325 e. The van der Waals surface area contributed by atoms with Crippen molar-refractivity contribution in [2.24, 2.45) is 0 Å². The molecule has 0 saturated carbocycles. The molecule has 2 aromatic heterocycles. The molecule has 0 aliphatic carbocycles. The summed E-state index contributed by atoms with van der Waals surface area (Å²) in [6.07, 6.45) is 1.50. The topological polar surface area (TPSA) is 71.3 Å². The second kappa shape index (κ2) is 5.97. The number of aromatic nitrogens is 2. The van der Waals surface area contributed by atoms with Crippen LogP contribution in [0.3, 0.4) is 0 Å².